The Morgan fingerprint density at radius 3 is 2.48 bits per heavy atom. The van der Waals surface area contributed by atoms with Crippen molar-refractivity contribution in [3.8, 4) is 0 Å². The summed E-state index contributed by atoms with van der Waals surface area (Å²) in [5.74, 6) is 0.0196. The topological polar surface area (TPSA) is 29.1 Å². The molecule has 0 unspecified atom stereocenters. The third-order valence-corrected chi connectivity index (χ3v) is 3.88. The molecular weight excluding hydrogens is 258 g/mol. The zero-order chi connectivity index (χ0) is 14.7. The maximum Gasteiger partial charge on any atom is 0.256 e. The van der Waals surface area contributed by atoms with Crippen molar-refractivity contribution in [3.63, 3.8) is 0 Å². The first kappa shape index (κ1) is 13.6. The Bertz CT molecular complexity index is 686. The SMILES string of the molecule is CCCC/C(=C1\C(=O)Nc2ccccc21)c1ccccc1. The number of hydrogen-bond acceptors (Lipinski definition) is 1. The number of carbonyl (C=O) groups excluding carboxylic acids is 1. The molecule has 0 aromatic heterocycles. The van der Waals surface area contributed by atoms with Gasteiger partial charge in [0.05, 0.1) is 5.57 Å². The summed E-state index contributed by atoms with van der Waals surface area (Å²) in [4.78, 5) is 12.4. The van der Waals surface area contributed by atoms with Crippen LogP contribution in [0.3, 0.4) is 0 Å². The van der Waals surface area contributed by atoms with E-state index in [1.165, 1.54) is 0 Å². The average Bonchev–Trinajstić information content (AvgIpc) is 2.85. The zero-order valence-electron chi connectivity index (χ0n) is 12.2. The number of amides is 1. The minimum atomic E-state index is 0.0196. The van der Waals surface area contributed by atoms with E-state index < -0.39 is 0 Å². The van der Waals surface area contributed by atoms with Crippen LogP contribution < -0.4 is 5.32 Å². The van der Waals surface area contributed by atoms with Gasteiger partial charge in [0.1, 0.15) is 0 Å². The predicted octanol–water partition coefficient (Wildman–Crippen LogP) is 4.74. The first-order chi connectivity index (χ1) is 10.3. The van der Waals surface area contributed by atoms with Gasteiger partial charge in [-0.3, -0.25) is 4.79 Å². The van der Waals surface area contributed by atoms with Crippen LogP contribution in [-0.2, 0) is 4.79 Å². The van der Waals surface area contributed by atoms with Gasteiger partial charge in [0.15, 0.2) is 0 Å². The van der Waals surface area contributed by atoms with Crippen LogP contribution in [0.4, 0.5) is 5.69 Å². The molecule has 0 bridgehead atoms. The van der Waals surface area contributed by atoms with Crippen molar-refractivity contribution in [1.82, 2.24) is 0 Å². The molecule has 0 saturated heterocycles. The summed E-state index contributed by atoms with van der Waals surface area (Å²) in [5, 5.41) is 2.98. The second kappa shape index (κ2) is 5.96. The third-order valence-electron chi connectivity index (χ3n) is 3.88. The van der Waals surface area contributed by atoms with E-state index in [1.54, 1.807) is 0 Å². The number of hydrogen-bond donors (Lipinski definition) is 1. The number of anilines is 1. The first-order valence-electron chi connectivity index (χ1n) is 7.50. The van der Waals surface area contributed by atoms with Crippen molar-refractivity contribution < 1.29 is 4.79 Å². The van der Waals surface area contributed by atoms with Gasteiger partial charge in [0.2, 0.25) is 0 Å². The molecule has 2 aromatic rings. The molecule has 1 aliphatic heterocycles. The summed E-state index contributed by atoms with van der Waals surface area (Å²) in [6.07, 6.45) is 3.13. The summed E-state index contributed by atoms with van der Waals surface area (Å²) >= 11 is 0. The van der Waals surface area contributed by atoms with Crippen LogP contribution in [-0.4, -0.2) is 5.91 Å². The molecule has 0 saturated carbocycles. The number of nitrogens with one attached hydrogen (secondary N) is 1. The van der Waals surface area contributed by atoms with Crippen molar-refractivity contribution in [2.24, 2.45) is 0 Å². The van der Waals surface area contributed by atoms with Gasteiger partial charge in [-0.05, 0) is 30.0 Å². The van der Waals surface area contributed by atoms with Crippen LogP contribution in [0.1, 0.15) is 37.3 Å². The molecule has 0 fully saturated rings. The molecule has 1 aliphatic rings. The van der Waals surface area contributed by atoms with Gasteiger partial charge in [-0.25, -0.2) is 0 Å². The highest BCUT2D eigenvalue weighted by molar-refractivity contribution is 6.36. The number of allylic oxidation sites excluding steroid dienone is 1. The number of unbranched alkanes of at least 4 members (excludes halogenated alkanes) is 1. The number of fused-ring (bicyclic) bond motifs is 1. The zero-order valence-corrected chi connectivity index (χ0v) is 12.2. The van der Waals surface area contributed by atoms with E-state index in [0.29, 0.717) is 0 Å². The van der Waals surface area contributed by atoms with Crippen LogP contribution in [0.2, 0.25) is 0 Å². The fourth-order valence-electron chi connectivity index (χ4n) is 2.82. The molecule has 0 aliphatic carbocycles. The quantitative estimate of drug-likeness (QED) is 0.803. The van der Waals surface area contributed by atoms with Crippen LogP contribution in [0, 0.1) is 0 Å². The molecule has 0 spiro atoms. The molecule has 21 heavy (non-hydrogen) atoms. The van der Waals surface area contributed by atoms with Crippen LogP contribution in [0.5, 0.6) is 0 Å². The number of benzene rings is 2. The van der Waals surface area contributed by atoms with E-state index >= 15 is 0 Å². The van der Waals surface area contributed by atoms with Gasteiger partial charge in [-0.2, -0.15) is 0 Å². The van der Waals surface area contributed by atoms with E-state index in [0.717, 1.165) is 47.2 Å². The molecule has 0 radical (unpaired) electrons. The smallest absolute Gasteiger partial charge is 0.256 e. The van der Waals surface area contributed by atoms with E-state index in [4.69, 9.17) is 0 Å². The van der Waals surface area contributed by atoms with Crippen molar-refractivity contribution in [1.29, 1.82) is 0 Å². The lowest BCUT2D eigenvalue weighted by Crippen LogP contribution is -2.06. The standard InChI is InChI=1S/C19H19NO/c1-2-3-11-15(14-9-5-4-6-10-14)18-16-12-7-8-13-17(16)20-19(18)21/h4-10,12-13H,2-3,11H2,1H3,(H,20,21)/b18-15+. The summed E-state index contributed by atoms with van der Waals surface area (Å²) in [5.41, 5.74) is 5.08. The lowest BCUT2D eigenvalue weighted by atomic mass is 9.92. The molecule has 3 rings (SSSR count). The molecule has 2 nitrogen and oxygen atoms in total. The fourth-order valence-corrected chi connectivity index (χ4v) is 2.82. The van der Waals surface area contributed by atoms with Gasteiger partial charge < -0.3 is 5.32 Å². The third kappa shape index (κ3) is 2.62. The summed E-state index contributed by atoms with van der Waals surface area (Å²) in [6, 6.07) is 18.2. The molecule has 106 valence electrons. The maximum atomic E-state index is 12.4. The van der Waals surface area contributed by atoms with Crippen LogP contribution in [0.25, 0.3) is 11.1 Å². The number of para-hydroxylation sites is 1. The highest BCUT2D eigenvalue weighted by Crippen LogP contribution is 2.38. The summed E-state index contributed by atoms with van der Waals surface area (Å²) in [7, 11) is 0. The summed E-state index contributed by atoms with van der Waals surface area (Å²) in [6.45, 7) is 2.18. The van der Waals surface area contributed by atoms with E-state index in [9.17, 15) is 4.79 Å². The maximum absolute atomic E-state index is 12.4. The second-order valence-corrected chi connectivity index (χ2v) is 5.32. The minimum absolute atomic E-state index is 0.0196. The molecule has 1 N–H and O–H groups in total. The monoisotopic (exact) mass is 277 g/mol. The minimum Gasteiger partial charge on any atom is -0.321 e. The highest BCUT2D eigenvalue weighted by Gasteiger charge is 2.27. The molecule has 2 aromatic carbocycles. The van der Waals surface area contributed by atoms with E-state index in [1.807, 2.05) is 42.5 Å². The van der Waals surface area contributed by atoms with E-state index in [2.05, 4.69) is 24.4 Å². The highest BCUT2D eigenvalue weighted by atomic mass is 16.2. The number of rotatable bonds is 4. The Morgan fingerprint density at radius 1 is 1.00 bits per heavy atom. The van der Waals surface area contributed by atoms with Crippen molar-refractivity contribution in [2.75, 3.05) is 5.32 Å². The second-order valence-electron chi connectivity index (χ2n) is 5.32. The van der Waals surface area contributed by atoms with Crippen molar-refractivity contribution in [3.05, 3.63) is 65.7 Å². The Hall–Kier alpha value is -2.35. The van der Waals surface area contributed by atoms with Gasteiger partial charge >= 0.3 is 0 Å². The van der Waals surface area contributed by atoms with Gasteiger partial charge in [-0.1, -0.05) is 61.9 Å². The van der Waals surface area contributed by atoms with Crippen molar-refractivity contribution >= 4 is 22.7 Å². The largest absolute Gasteiger partial charge is 0.321 e. The van der Waals surface area contributed by atoms with Gasteiger partial charge in [0, 0.05) is 11.3 Å². The normalized spacial score (nSPS) is 15.6. The summed E-state index contributed by atoms with van der Waals surface area (Å²) < 4.78 is 0. The molecule has 0 atom stereocenters. The molecular formula is C19H19NO. The lowest BCUT2D eigenvalue weighted by Gasteiger charge is -2.11. The van der Waals surface area contributed by atoms with Crippen LogP contribution in [0.15, 0.2) is 54.6 Å². The molecule has 2 heteroatoms. The Kier molecular flexibility index (Phi) is 3.87. The Balaban J connectivity index is 2.16. The molecule has 1 heterocycles. The number of carbonyl (C=O) groups is 1. The average molecular weight is 277 g/mol. The Morgan fingerprint density at radius 2 is 1.71 bits per heavy atom. The first-order valence-corrected chi connectivity index (χ1v) is 7.50. The van der Waals surface area contributed by atoms with Crippen molar-refractivity contribution in [2.45, 2.75) is 26.2 Å². The van der Waals surface area contributed by atoms with Gasteiger partial charge in [-0.15, -0.1) is 0 Å². The van der Waals surface area contributed by atoms with Gasteiger partial charge in [0.25, 0.3) is 5.91 Å². The fraction of sp³-hybridized carbons (Fsp3) is 0.211. The predicted molar refractivity (Wildman–Crippen MR) is 87.9 cm³/mol. The molecule has 1 amide bonds. The lowest BCUT2D eigenvalue weighted by molar-refractivity contribution is -0.110. The van der Waals surface area contributed by atoms with Crippen LogP contribution >= 0.6 is 0 Å². The van der Waals surface area contributed by atoms with E-state index in [-0.39, 0.29) is 5.91 Å². The Labute approximate surface area is 125 Å².